The fourth-order valence-corrected chi connectivity index (χ4v) is 4.28. The van der Waals surface area contributed by atoms with Crippen molar-refractivity contribution in [2.24, 2.45) is 4.99 Å². The SMILES string of the molecule is COc1ccc(N=C2S/C(=C/C(=O)Nc3ccccc3Cl)C(=O)N2c2ccc(OC)cc2)cc1. The largest absolute Gasteiger partial charge is 0.497 e. The molecule has 0 unspecified atom stereocenters. The van der Waals surface area contributed by atoms with Gasteiger partial charge < -0.3 is 14.8 Å². The van der Waals surface area contributed by atoms with E-state index in [0.717, 1.165) is 11.8 Å². The van der Waals surface area contributed by atoms with E-state index in [1.807, 2.05) is 0 Å². The van der Waals surface area contributed by atoms with Crippen LogP contribution in [0.15, 0.2) is 88.8 Å². The summed E-state index contributed by atoms with van der Waals surface area (Å²) in [5.74, 6) is 0.524. The number of amides is 2. The van der Waals surface area contributed by atoms with Crippen molar-refractivity contribution in [1.29, 1.82) is 0 Å². The van der Waals surface area contributed by atoms with Crippen molar-refractivity contribution in [3.63, 3.8) is 0 Å². The first-order chi connectivity index (χ1) is 16.5. The number of rotatable bonds is 6. The highest BCUT2D eigenvalue weighted by atomic mass is 35.5. The Kier molecular flexibility index (Phi) is 7.20. The normalized spacial score (nSPS) is 15.6. The van der Waals surface area contributed by atoms with Gasteiger partial charge in [0, 0.05) is 6.08 Å². The molecule has 1 heterocycles. The molecule has 0 bridgehead atoms. The summed E-state index contributed by atoms with van der Waals surface area (Å²) >= 11 is 7.23. The van der Waals surface area contributed by atoms with Crippen LogP contribution in [0.3, 0.4) is 0 Å². The number of carbonyl (C=O) groups is 2. The fraction of sp³-hybridized carbons (Fsp3) is 0.0800. The van der Waals surface area contributed by atoms with Crippen LogP contribution in [0.4, 0.5) is 17.1 Å². The smallest absolute Gasteiger partial charge is 0.271 e. The molecule has 9 heteroatoms. The highest BCUT2D eigenvalue weighted by Crippen LogP contribution is 2.37. The lowest BCUT2D eigenvalue weighted by atomic mass is 10.2. The Balaban J connectivity index is 1.67. The van der Waals surface area contributed by atoms with E-state index in [2.05, 4.69) is 10.3 Å². The van der Waals surface area contributed by atoms with E-state index < -0.39 is 5.91 Å². The third kappa shape index (κ3) is 5.24. The number of anilines is 2. The van der Waals surface area contributed by atoms with Gasteiger partial charge in [-0.05, 0) is 72.4 Å². The predicted molar refractivity (Wildman–Crippen MR) is 136 cm³/mol. The molecule has 34 heavy (non-hydrogen) atoms. The van der Waals surface area contributed by atoms with Crippen molar-refractivity contribution >= 4 is 57.4 Å². The molecule has 7 nitrogen and oxygen atoms in total. The van der Waals surface area contributed by atoms with Crippen LogP contribution >= 0.6 is 23.4 Å². The van der Waals surface area contributed by atoms with E-state index in [1.54, 1.807) is 87.0 Å². The van der Waals surface area contributed by atoms with Crippen LogP contribution in [-0.2, 0) is 9.59 Å². The van der Waals surface area contributed by atoms with Gasteiger partial charge >= 0.3 is 0 Å². The molecule has 4 rings (SSSR count). The van der Waals surface area contributed by atoms with Gasteiger partial charge in [-0.1, -0.05) is 23.7 Å². The minimum Gasteiger partial charge on any atom is -0.497 e. The van der Waals surface area contributed by atoms with Gasteiger partial charge in [-0.3, -0.25) is 14.5 Å². The number of ether oxygens (including phenoxy) is 2. The number of aliphatic imine (C=N–C) groups is 1. The number of carbonyl (C=O) groups excluding carboxylic acids is 2. The van der Waals surface area contributed by atoms with Crippen LogP contribution in [0.2, 0.25) is 5.02 Å². The number of hydrogen-bond acceptors (Lipinski definition) is 6. The summed E-state index contributed by atoms with van der Waals surface area (Å²) in [6.07, 6.45) is 1.25. The van der Waals surface area contributed by atoms with E-state index in [1.165, 1.54) is 11.0 Å². The van der Waals surface area contributed by atoms with Gasteiger partial charge in [-0.2, -0.15) is 0 Å². The van der Waals surface area contributed by atoms with Crippen molar-refractivity contribution < 1.29 is 19.1 Å². The Morgan fingerprint density at radius 3 is 2.21 bits per heavy atom. The predicted octanol–water partition coefficient (Wildman–Crippen LogP) is 5.65. The van der Waals surface area contributed by atoms with Crippen LogP contribution in [0.5, 0.6) is 11.5 Å². The molecule has 2 amide bonds. The Morgan fingerprint density at radius 2 is 1.59 bits per heavy atom. The molecule has 1 saturated heterocycles. The molecule has 0 atom stereocenters. The molecule has 0 aromatic heterocycles. The monoisotopic (exact) mass is 493 g/mol. The topological polar surface area (TPSA) is 80.2 Å². The second kappa shape index (κ2) is 10.5. The van der Waals surface area contributed by atoms with Crippen LogP contribution in [-0.4, -0.2) is 31.2 Å². The first-order valence-electron chi connectivity index (χ1n) is 10.1. The quantitative estimate of drug-likeness (QED) is 0.449. The number of halogens is 1. The van der Waals surface area contributed by atoms with Gasteiger partial charge in [-0.15, -0.1) is 0 Å². The summed E-state index contributed by atoms with van der Waals surface area (Å²) in [7, 11) is 3.16. The summed E-state index contributed by atoms with van der Waals surface area (Å²) in [4.78, 5) is 32.3. The Bertz CT molecular complexity index is 1270. The summed E-state index contributed by atoms with van der Waals surface area (Å²) in [5, 5.41) is 3.52. The number of hydrogen-bond donors (Lipinski definition) is 1. The van der Waals surface area contributed by atoms with Crippen LogP contribution in [0, 0.1) is 0 Å². The molecular formula is C25H20ClN3O4S. The Morgan fingerprint density at radius 1 is 0.971 bits per heavy atom. The zero-order valence-electron chi connectivity index (χ0n) is 18.3. The number of benzene rings is 3. The maximum absolute atomic E-state index is 13.3. The molecule has 3 aromatic rings. The highest BCUT2D eigenvalue weighted by Gasteiger charge is 2.35. The lowest BCUT2D eigenvalue weighted by molar-refractivity contribution is -0.115. The van der Waals surface area contributed by atoms with Gasteiger partial charge in [0.05, 0.1) is 41.2 Å². The third-order valence-electron chi connectivity index (χ3n) is 4.83. The molecule has 0 spiro atoms. The minimum absolute atomic E-state index is 0.229. The average Bonchev–Trinajstić information content (AvgIpc) is 3.15. The van der Waals surface area contributed by atoms with E-state index >= 15 is 0 Å². The molecule has 172 valence electrons. The number of amidine groups is 1. The van der Waals surface area contributed by atoms with E-state index in [0.29, 0.717) is 38.8 Å². The third-order valence-corrected chi connectivity index (χ3v) is 6.13. The maximum Gasteiger partial charge on any atom is 0.271 e. The van der Waals surface area contributed by atoms with Gasteiger partial charge in [0.25, 0.3) is 5.91 Å². The molecular weight excluding hydrogens is 474 g/mol. The minimum atomic E-state index is -0.468. The molecule has 1 aliphatic heterocycles. The van der Waals surface area contributed by atoms with E-state index in [9.17, 15) is 9.59 Å². The number of methoxy groups -OCH3 is 2. The summed E-state index contributed by atoms with van der Waals surface area (Å²) < 4.78 is 10.4. The van der Waals surface area contributed by atoms with E-state index in [4.69, 9.17) is 21.1 Å². The molecule has 1 N–H and O–H groups in total. The maximum atomic E-state index is 13.3. The van der Waals surface area contributed by atoms with E-state index in [-0.39, 0.29) is 10.8 Å². The number of thioether (sulfide) groups is 1. The van der Waals surface area contributed by atoms with Gasteiger partial charge in [0.1, 0.15) is 11.5 Å². The molecule has 1 aliphatic rings. The zero-order valence-corrected chi connectivity index (χ0v) is 19.9. The average molecular weight is 494 g/mol. The second-order valence-electron chi connectivity index (χ2n) is 7.01. The highest BCUT2D eigenvalue weighted by molar-refractivity contribution is 8.19. The van der Waals surface area contributed by atoms with Crippen molar-refractivity contribution in [3.05, 3.63) is 88.8 Å². The zero-order chi connectivity index (χ0) is 24.1. The number of nitrogens with one attached hydrogen (secondary N) is 1. The van der Waals surface area contributed by atoms with Crippen molar-refractivity contribution in [2.75, 3.05) is 24.4 Å². The molecule has 0 radical (unpaired) electrons. The second-order valence-corrected chi connectivity index (χ2v) is 8.43. The standard InChI is InChI=1S/C25H20ClN3O4S/c1-32-18-11-7-16(8-12-18)27-25-29(17-9-13-19(33-2)14-10-17)24(31)22(34-25)15-23(30)28-21-6-4-3-5-20(21)26/h3-15H,1-2H3,(H,28,30)/b22-15+,27-25?. The van der Waals surface area contributed by atoms with Crippen molar-refractivity contribution in [2.45, 2.75) is 0 Å². The molecule has 0 saturated carbocycles. The van der Waals surface area contributed by atoms with Crippen LogP contribution < -0.4 is 19.7 Å². The Hall–Kier alpha value is -3.75. The van der Waals surface area contributed by atoms with Crippen molar-refractivity contribution in [1.82, 2.24) is 0 Å². The summed E-state index contributed by atoms with van der Waals surface area (Å²) in [6.45, 7) is 0. The lowest BCUT2D eigenvalue weighted by Gasteiger charge is -2.16. The fourth-order valence-electron chi connectivity index (χ4n) is 3.13. The summed E-state index contributed by atoms with van der Waals surface area (Å²) in [6, 6.07) is 21.0. The van der Waals surface area contributed by atoms with Gasteiger partial charge in [-0.25, -0.2) is 4.99 Å². The number of nitrogens with zero attached hydrogens (tertiary/aromatic N) is 2. The Labute approximate surface area is 206 Å². The first kappa shape index (κ1) is 23.4. The molecule has 3 aromatic carbocycles. The van der Waals surface area contributed by atoms with Crippen LogP contribution in [0.25, 0.3) is 0 Å². The summed E-state index contributed by atoms with van der Waals surface area (Å²) in [5.41, 5.74) is 1.69. The first-order valence-corrected chi connectivity index (χ1v) is 11.3. The van der Waals surface area contributed by atoms with Crippen molar-refractivity contribution in [3.8, 4) is 11.5 Å². The molecule has 1 fully saturated rings. The molecule has 0 aliphatic carbocycles. The number of para-hydroxylation sites is 1. The van der Waals surface area contributed by atoms with Gasteiger partial charge in [0.15, 0.2) is 5.17 Å². The van der Waals surface area contributed by atoms with Gasteiger partial charge in [0.2, 0.25) is 5.91 Å². The van der Waals surface area contributed by atoms with Crippen LogP contribution in [0.1, 0.15) is 0 Å². The lowest BCUT2D eigenvalue weighted by Crippen LogP contribution is -2.28.